The van der Waals surface area contributed by atoms with Crippen molar-refractivity contribution in [3.63, 3.8) is 0 Å². The summed E-state index contributed by atoms with van der Waals surface area (Å²) in [5.41, 5.74) is 1.14. The summed E-state index contributed by atoms with van der Waals surface area (Å²) in [5, 5.41) is 11.8. The number of nitrogens with zero attached hydrogens (tertiary/aromatic N) is 2. The summed E-state index contributed by atoms with van der Waals surface area (Å²) >= 11 is 0. The largest absolute Gasteiger partial charge is 0.486 e. The number of nitrogens with one attached hydrogen (secondary N) is 1. The highest BCUT2D eigenvalue weighted by molar-refractivity contribution is 5.92. The normalized spacial score (nSPS) is 19.6. The van der Waals surface area contributed by atoms with E-state index in [-0.39, 0.29) is 23.8 Å². The van der Waals surface area contributed by atoms with Crippen LogP contribution in [-0.2, 0) is 11.2 Å². The van der Waals surface area contributed by atoms with E-state index < -0.39 is 0 Å². The van der Waals surface area contributed by atoms with E-state index in [0.717, 1.165) is 0 Å². The molecule has 0 aliphatic carbocycles. The first kappa shape index (κ1) is 18.0. The molecule has 0 radical (unpaired) electrons. The van der Waals surface area contributed by atoms with Crippen molar-refractivity contribution in [1.82, 2.24) is 10.3 Å². The first-order valence-corrected chi connectivity index (χ1v) is 8.62. The van der Waals surface area contributed by atoms with Crippen LogP contribution >= 0.6 is 0 Å². The van der Waals surface area contributed by atoms with Gasteiger partial charge in [-0.1, -0.05) is 6.92 Å². The van der Waals surface area contributed by atoms with E-state index in [9.17, 15) is 4.79 Å². The lowest BCUT2D eigenvalue weighted by Crippen LogP contribution is -2.51. The lowest BCUT2D eigenvalue weighted by molar-refractivity contribution is -0.0137. The number of hydrogen-bond acceptors (Lipinski definition) is 6. The number of ether oxygens (including phenoxy) is 2. The molecule has 0 saturated carbocycles. The fraction of sp³-hybridized carbons (Fsp3) is 0.421. The number of amides is 1. The van der Waals surface area contributed by atoms with Crippen molar-refractivity contribution in [2.75, 3.05) is 13.2 Å². The van der Waals surface area contributed by atoms with Crippen molar-refractivity contribution in [3.8, 4) is 11.8 Å². The number of aromatic nitrogens is 1. The monoisotopic (exact) mass is 355 g/mol. The minimum atomic E-state index is -0.325. The van der Waals surface area contributed by atoms with Crippen LogP contribution in [0.1, 0.15) is 41.0 Å². The quantitative estimate of drug-likeness (QED) is 0.884. The zero-order chi connectivity index (χ0) is 18.5. The van der Waals surface area contributed by atoms with E-state index in [1.165, 1.54) is 0 Å². The molecule has 7 heteroatoms. The van der Waals surface area contributed by atoms with E-state index in [2.05, 4.69) is 16.4 Å². The van der Waals surface area contributed by atoms with Gasteiger partial charge in [0.05, 0.1) is 30.0 Å². The zero-order valence-electron chi connectivity index (χ0n) is 14.8. The molecule has 0 spiro atoms. The standard InChI is InChI=1S/C19H21N3O4/c1-3-17-21-12(2)18(26-17)19(23)22-15-8-9-24-11-16(15)25-14-6-4-13(10-20)5-7-14/h4-7,15-16H,3,8-9,11H2,1-2H3,(H,22,23)/t15-,16-/m1/s1. The number of rotatable bonds is 5. The first-order valence-electron chi connectivity index (χ1n) is 8.62. The van der Waals surface area contributed by atoms with Crippen molar-refractivity contribution in [2.24, 2.45) is 0 Å². The molecule has 1 aromatic heterocycles. The van der Waals surface area contributed by atoms with Crippen LogP contribution in [0.15, 0.2) is 28.7 Å². The molecule has 1 amide bonds. The fourth-order valence-corrected chi connectivity index (χ4v) is 2.82. The molecular weight excluding hydrogens is 334 g/mol. The highest BCUT2D eigenvalue weighted by Gasteiger charge is 2.30. The van der Waals surface area contributed by atoms with Crippen LogP contribution < -0.4 is 10.1 Å². The predicted octanol–water partition coefficient (Wildman–Crippen LogP) is 2.38. The average molecular weight is 355 g/mol. The molecule has 136 valence electrons. The van der Waals surface area contributed by atoms with Crippen LogP contribution in [0.2, 0.25) is 0 Å². The second kappa shape index (κ2) is 8.02. The molecule has 1 aliphatic heterocycles. The Morgan fingerprint density at radius 1 is 1.42 bits per heavy atom. The van der Waals surface area contributed by atoms with Gasteiger partial charge in [0.1, 0.15) is 11.9 Å². The van der Waals surface area contributed by atoms with Gasteiger partial charge in [0.15, 0.2) is 5.89 Å². The summed E-state index contributed by atoms with van der Waals surface area (Å²) in [4.78, 5) is 16.8. The smallest absolute Gasteiger partial charge is 0.289 e. The molecule has 0 bridgehead atoms. The van der Waals surface area contributed by atoms with Crippen molar-refractivity contribution >= 4 is 5.91 Å². The van der Waals surface area contributed by atoms with Crippen LogP contribution in [0.25, 0.3) is 0 Å². The van der Waals surface area contributed by atoms with Gasteiger partial charge in [0.25, 0.3) is 5.91 Å². The molecule has 3 rings (SSSR count). The topological polar surface area (TPSA) is 97.4 Å². The first-order chi connectivity index (χ1) is 12.6. The van der Waals surface area contributed by atoms with E-state index >= 15 is 0 Å². The van der Waals surface area contributed by atoms with E-state index in [0.29, 0.717) is 49.0 Å². The minimum Gasteiger partial charge on any atom is -0.486 e. The Labute approximate surface area is 151 Å². The summed E-state index contributed by atoms with van der Waals surface area (Å²) in [6, 6.07) is 8.72. The Kier molecular flexibility index (Phi) is 5.54. The summed E-state index contributed by atoms with van der Waals surface area (Å²) in [6.45, 7) is 4.60. The number of benzene rings is 1. The molecule has 0 unspecified atom stereocenters. The number of aryl methyl sites for hydroxylation is 2. The molecule has 2 atom stereocenters. The maximum Gasteiger partial charge on any atom is 0.289 e. The molecule has 1 saturated heterocycles. The molecular formula is C19H21N3O4. The Hall–Kier alpha value is -2.85. The Balaban J connectivity index is 1.69. The van der Waals surface area contributed by atoms with E-state index in [1.807, 2.05) is 6.92 Å². The maximum absolute atomic E-state index is 12.6. The predicted molar refractivity (Wildman–Crippen MR) is 92.9 cm³/mol. The number of carbonyl (C=O) groups is 1. The maximum atomic E-state index is 12.6. The SMILES string of the molecule is CCc1nc(C)c(C(=O)N[C@@H]2CCOC[C@H]2Oc2ccc(C#N)cc2)o1. The van der Waals surface area contributed by atoms with Gasteiger partial charge in [-0.25, -0.2) is 4.98 Å². The third-order valence-electron chi connectivity index (χ3n) is 4.24. The Morgan fingerprint density at radius 2 is 2.19 bits per heavy atom. The average Bonchev–Trinajstić information content (AvgIpc) is 3.05. The van der Waals surface area contributed by atoms with Gasteiger partial charge >= 0.3 is 0 Å². The zero-order valence-corrected chi connectivity index (χ0v) is 14.8. The van der Waals surface area contributed by atoms with Crippen LogP contribution in [0.3, 0.4) is 0 Å². The van der Waals surface area contributed by atoms with Crippen LogP contribution in [0, 0.1) is 18.3 Å². The molecule has 1 aromatic carbocycles. The number of nitriles is 1. The molecule has 26 heavy (non-hydrogen) atoms. The fourth-order valence-electron chi connectivity index (χ4n) is 2.82. The van der Waals surface area contributed by atoms with Gasteiger partial charge in [0, 0.05) is 13.0 Å². The molecule has 2 aromatic rings. The van der Waals surface area contributed by atoms with Crippen molar-refractivity contribution in [2.45, 2.75) is 38.8 Å². The highest BCUT2D eigenvalue weighted by atomic mass is 16.5. The third-order valence-corrected chi connectivity index (χ3v) is 4.24. The Bertz CT molecular complexity index is 807. The highest BCUT2D eigenvalue weighted by Crippen LogP contribution is 2.19. The van der Waals surface area contributed by atoms with Crippen LogP contribution in [0.4, 0.5) is 0 Å². The van der Waals surface area contributed by atoms with Crippen molar-refractivity contribution in [3.05, 3.63) is 47.2 Å². The lowest BCUT2D eigenvalue weighted by Gasteiger charge is -2.32. The van der Waals surface area contributed by atoms with Gasteiger partial charge < -0.3 is 19.2 Å². The van der Waals surface area contributed by atoms with Crippen molar-refractivity contribution < 1.29 is 18.7 Å². The lowest BCUT2D eigenvalue weighted by atomic mass is 10.1. The Morgan fingerprint density at radius 3 is 2.85 bits per heavy atom. The number of hydrogen-bond donors (Lipinski definition) is 1. The molecule has 1 fully saturated rings. The number of carbonyl (C=O) groups excluding carboxylic acids is 1. The van der Waals surface area contributed by atoms with Gasteiger partial charge in [-0.05, 0) is 37.6 Å². The molecule has 7 nitrogen and oxygen atoms in total. The second-order valence-corrected chi connectivity index (χ2v) is 6.11. The summed E-state index contributed by atoms with van der Waals surface area (Å²) in [6.07, 6.45) is 0.950. The minimum absolute atomic E-state index is 0.207. The van der Waals surface area contributed by atoms with Gasteiger partial charge in [-0.15, -0.1) is 0 Å². The van der Waals surface area contributed by atoms with E-state index in [4.69, 9.17) is 19.2 Å². The summed E-state index contributed by atoms with van der Waals surface area (Å²) < 4.78 is 17.0. The molecule has 2 heterocycles. The van der Waals surface area contributed by atoms with Gasteiger partial charge in [-0.3, -0.25) is 4.79 Å². The molecule has 1 N–H and O–H groups in total. The van der Waals surface area contributed by atoms with Crippen LogP contribution in [-0.4, -0.2) is 36.3 Å². The van der Waals surface area contributed by atoms with Crippen molar-refractivity contribution in [1.29, 1.82) is 5.26 Å². The third kappa shape index (κ3) is 4.03. The summed E-state index contributed by atoms with van der Waals surface area (Å²) in [5.74, 6) is 1.12. The van der Waals surface area contributed by atoms with E-state index in [1.54, 1.807) is 31.2 Å². The number of oxazole rings is 1. The molecule has 1 aliphatic rings. The second-order valence-electron chi connectivity index (χ2n) is 6.11. The summed E-state index contributed by atoms with van der Waals surface area (Å²) in [7, 11) is 0. The van der Waals surface area contributed by atoms with Gasteiger partial charge in [-0.2, -0.15) is 5.26 Å². The van der Waals surface area contributed by atoms with Crippen LogP contribution in [0.5, 0.6) is 5.75 Å². The van der Waals surface area contributed by atoms with Gasteiger partial charge in [0.2, 0.25) is 5.76 Å².